The number of hydrogen-bond donors (Lipinski definition) is 1. The highest BCUT2D eigenvalue weighted by Gasteiger charge is 2.62. The van der Waals surface area contributed by atoms with Gasteiger partial charge in [-0.3, -0.25) is 15.4 Å². The summed E-state index contributed by atoms with van der Waals surface area (Å²) in [6, 6.07) is 4.10. The first kappa shape index (κ1) is 14.6. The summed E-state index contributed by atoms with van der Waals surface area (Å²) in [5, 5.41) is 13.3. The number of nitro benzene ring substituents is 1. The molecular weight excluding hydrogens is 277 g/mol. The summed E-state index contributed by atoms with van der Waals surface area (Å²) in [6.45, 7) is -0.0790. The van der Waals surface area contributed by atoms with Gasteiger partial charge in [0.25, 0.3) is 0 Å². The van der Waals surface area contributed by atoms with Crippen molar-refractivity contribution in [3.63, 3.8) is 0 Å². The topological polar surface area (TPSA) is 64.4 Å². The van der Waals surface area contributed by atoms with Crippen molar-refractivity contribution in [3.8, 4) is 5.75 Å². The van der Waals surface area contributed by atoms with E-state index in [0.717, 1.165) is 0 Å². The van der Waals surface area contributed by atoms with Crippen molar-refractivity contribution in [1.29, 1.82) is 0 Å². The molecule has 0 spiro atoms. The van der Waals surface area contributed by atoms with E-state index in [1.165, 1.54) is 25.3 Å². The number of ether oxygens (including phenoxy) is 1. The molecule has 0 saturated heterocycles. The molecule has 1 N–H and O–H groups in total. The summed E-state index contributed by atoms with van der Waals surface area (Å²) in [6.07, 6.45) is -4.23. The van der Waals surface area contributed by atoms with Crippen molar-refractivity contribution in [3.05, 3.63) is 33.9 Å². The van der Waals surface area contributed by atoms with Gasteiger partial charge in [0, 0.05) is 12.6 Å². The van der Waals surface area contributed by atoms with Gasteiger partial charge in [0.1, 0.15) is 5.54 Å². The maximum Gasteiger partial charge on any atom is 0.406 e. The van der Waals surface area contributed by atoms with Crippen molar-refractivity contribution in [1.82, 2.24) is 5.32 Å². The van der Waals surface area contributed by atoms with Crippen LogP contribution in [0.3, 0.4) is 0 Å². The van der Waals surface area contributed by atoms with Gasteiger partial charge in [0.05, 0.1) is 12.0 Å². The molecule has 110 valence electrons. The van der Waals surface area contributed by atoms with Crippen molar-refractivity contribution in [2.45, 2.75) is 31.1 Å². The van der Waals surface area contributed by atoms with E-state index in [1.807, 2.05) is 0 Å². The van der Waals surface area contributed by atoms with Crippen LogP contribution >= 0.6 is 0 Å². The number of methoxy groups -OCH3 is 1. The summed E-state index contributed by atoms with van der Waals surface area (Å²) < 4.78 is 43.0. The van der Waals surface area contributed by atoms with Crippen molar-refractivity contribution in [2.75, 3.05) is 7.11 Å². The highest BCUT2D eigenvalue weighted by molar-refractivity contribution is 5.48. The van der Waals surface area contributed by atoms with Crippen LogP contribution in [-0.2, 0) is 6.54 Å². The molecule has 0 amide bonds. The lowest BCUT2D eigenvalue weighted by molar-refractivity contribution is -0.385. The third-order valence-electron chi connectivity index (χ3n) is 3.36. The fraction of sp³-hybridized carbons (Fsp3) is 0.500. The van der Waals surface area contributed by atoms with Gasteiger partial charge >= 0.3 is 11.9 Å². The number of nitrogens with zero attached hydrogens (tertiary/aromatic N) is 1. The van der Waals surface area contributed by atoms with Crippen LogP contribution in [0.5, 0.6) is 5.75 Å². The zero-order valence-electron chi connectivity index (χ0n) is 10.7. The second-order valence-electron chi connectivity index (χ2n) is 4.70. The standard InChI is InChI=1S/C12H13F3N2O3/c1-20-10-3-2-8(6-9(10)17(18)19)7-16-11(4-5-11)12(13,14)15/h2-3,6,16H,4-5,7H2,1H3. The first-order valence-corrected chi connectivity index (χ1v) is 5.92. The highest BCUT2D eigenvalue weighted by atomic mass is 19.4. The Hall–Kier alpha value is -1.83. The van der Waals surface area contributed by atoms with Crippen molar-refractivity contribution in [2.24, 2.45) is 0 Å². The smallest absolute Gasteiger partial charge is 0.406 e. The van der Waals surface area contributed by atoms with Crippen molar-refractivity contribution < 1.29 is 22.8 Å². The molecular formula is C12H13F3N2O3. The molecule has 0 aliphatic heterocycles. The van der Waals surface area contributed by atoms with Crippen LogP contribution in [0.1, 0.15) is 18.4 Å². The molecule has 0 atom stereocenters. The molecule has 8 heteroatoms. The molecule has 0 heterocycles. The zero-order valence-corrected chi connectivity index (χ0v) is 10.7. The van der Waals surface area contributed by atoms with Gasteiger partial charge in [-0.05, 0) is 24.5 Å². The largest absolute Gasteiger partial charge is 0.490 e. The Morgan fingerprint density at radius 3 is 2.55 bits per heavy atom. The number of rotatable bonds is 5. The number of hydrogen-bond acceptors (Lipinski definition) is 4. The van der Waals surface area contributed by atoms with Crippen LogP contribution in [0.15, 0.2) is 18.2 Å². The molecule has 1 saturated carbocycles. The molecule has 1 aliphatic carbocycles. The average molecular weight is 290 g/mol. The summed E-state index contributed by atoms with van der Waals surface area (Å²) in [5.74, 6) is 0.0794. The summed E-state index contributed by atoms with van der Waals surface area (Å²) in [4.78, 5) is 10.2. The summed E-state index contributed by atoms with van der Waals surface area (Å²) >= 11 is 0. The van der Waals surface area contributed by atoms with Gasteiger partial charge < -0.3 is 4.74 Å². The Kier molecular flexibility index (Phi) is 3.59. The van der Waals surface area contributed by atoms with E-state index >= 15 is 0 Å². The van der Waals surface area contributed by atoms with Gasteiger partial charge in [-0.25, -0.2) is 0 Å². The second kappa shape index (κ2) is 4.93. The Bertz CT molecular complexity index is 527. The maximum atomic E-state index is 12.7. The van der Waals surface area contributed by atoms with E-state index < -0.39 is 16.6 Å². The molecule has 20 heavy (non-hydrogen) atoms. The minimum Gasteiger partial charge on any atom is -0.490 e. The lowest BCUT2D eigenvalue weighted by atomic mass is 10.1. The van der Waals surface area contributed by atoms with E-state index in [1.54, 1.807) is 0 Å². The first-order chi connectivity index (χ1) is 9.29. The molecule has 5 nitrogen and oxygen atoms in total. The normalized spacial score (nSPS) is 16.8. The molecule has 1 aliphatic rings. The Labute approximate surface area is 112 Å². The Morgan fingerprint density at radius 2 is 2.10 bits per heavy atom. The fourth-order valence-corrected chi connectivity index (χ4v) is 1.94. The molecule has 1 fully saturated rings. The number of benzene rings is 1. The molecule has 0 unspecified atom stereocenters. The van der Waals surface area contributed by atoms with E-state index in [-0.39, 0.29) is 30.8 Å². The molecule has 0 aromatic heterocycles. The van der Waals surface area contributed by atoms with E-state index in [9.17, 15) is 23.3 Å². The van der Waals surface area contributed by atoms with Crippen LogP contribution in [0, 0.1) is 10.1 Å². The third-order valence-corrected chi connectivity index (χ3v) is 3.36. The zero-order chi connectivity index (χ0) is 15.0. The minimum absolute atomic E-state index is 0.0365. The van der Waals surface area contributed by atoms with Crippen LogP contribution in [0.4, 0.5) is 18.9 Å². The minimum atomic E-state index is -4.30. The number of nitro groups is 1. The molecule has 1 aromatic carbocycles. The average Bonchev–Trinajstić information content (AvgIpc) is 3.16. The second-order valence-corrected chi connectivity index (χ2v) is 4.70. The predicted molar refractivity (Wildman–Crippen MR) is 64.5 cm³/mol. The Balaban J connectivity index is 2.11. The number of nitrogens with one attached hydrogen (secondary N) is 1. The fourth-order valence-electron chi connectivity index (χ4n) is 1.94. The number of alkyl halides is 3. The quantitative estimate of drug-likeness (QED) is 0.669. The lowest BCUT2D eigenvalue weighted by Crippen LogP contribution is -2.44. The summed E-state index contributed by atoms with van der Waals surface area (Å²) in [5.41, 5.74) is -1.68. The van der Waals surface area contributed by atoms with Crippen LogP contribution in [0.25, 0.3) is 0 Å². The summed E-state index contributed by atoms with van der Waals surface area (Å²) in [7, 11) is 1.29. The van der Waals surface area contributed by atoms with Crippen molar-refractivity contribution >= 4 is 5.69 Å². The molecule has 0 bridgehead atoms. The third kappa shape index (κ3) is 2.69. The molecule has 2 rings (SSSR count). The lowest BCUT2D eigenvalue weighted by Gasteiger charge is -2.20. The number of halogens is 3. The van der Waals surface area contributed by atoms with Gasteiger partial charge in [-0.1, -0.05) is 6.07 Å². The molecule has 0 radical (unpaired) electrons. The maximum absolute atomic E-state index is 12.7. The van der Waals surface area contributed by atoms with Gasteiger partial charge in [-0.15, -0.1) is 0 Å². The van der Waals surface area contributed by atoms with E-state index in [4.69, 9.17) is 4.74 Å². The monoisotopic (exact) mass is 290 g/mol. The predicted octanol–water partition coefficient (Wildman–Crippen LogP) is 2.79. The highest BCUT2D eigenvalue weighted by Crippen LogP contribution is 2.49. The van der Waals surface area contributed by atoms with E-state index in [2.05, 4.69) is 5.32 Å². The van der Waals surface area contributed by atoms with Crippen LogP contribution in [-0.4, -0.2) is 23.7 Å². The van der Waals surface area contributed by atoms with Gasteiger partial charge in [0.2, 0.25) is 0 Å². The molecule has 1 aromatic rings. The van der Waals surface area contributed by atoms with Gasteiger partial charge in [0.15, 0.2) is 5.75 Å². The Morgan fingerprint density at radius 1 is 1.45 bits per heavy atom. The first-order valence-electron chi connectivity index (χ1n) is 5.92. The SMILES string of the molecule is COc1ccc(CNC2(C(F)(F)F)CC2)cc1[N+](=O)[O-]. The van der Waals surface area contributed by atoms with Crippen LogP contribution < -0.4 is 10.1 Å². The van der Waals surface area contributed by atoms with E-state index in [0.29, 0.717) is 5.56 Å². The van der Waals surface area contributed by atoms with Gasteiger partial charge in [-0.2, -0.15) is 13.2 Å². The van der Waals surface area contributed by atoms with Crippen LogP contribution in [0.2, 0.25) is 0 Å².